The van der Waals surface area contributed by atoms with Crippen LogP contribution in [0.4, 0.5) is 5.69 Å². The summed E-state index contributed by atoms with van der Waals surface area (Å²) in [7, 11) is 0. The highest BCUT2D eigenvalue weighted by Crippen LogP contribution is 2.21. The predicted molar refractivity (Wildman–Crippen MR) is 81.2 cm³/mol. The second-order valence-electron chi connectivity index (χ2n) is 4.11. The molecular weight excluding hydrogens is 310 g/mol. The van der Waals surface area contributed by atoms with Crippen LogP contribution >= 0.6 is 27.3 Å². The normalized spacial score (nSPS) is 10.6. The van der Waals surface area contributed by atoms with Gasteiger partial charge in [0.05, 0.1) is 0 Å². The molecule has 0 saturated carbocycles. The molecule has 0 aliphatic carbocycles. The molecule has 0 radical (unpaired) electrons. The Morgan fingerprint density at radius 1 is 1.28 bits per heavy atom. The van der Waals surface area contributed by atoms with Crippen LogP contribution in [0.15, 0.2) is 40.2 Å². The second kappa shape index (κ2) is 6.92. The van der Waals surface area contributed by atoms with Crippen molar-refractivity contribution in [3.05, 3.63) is 50.6 Å². The first-order valence-corrected chi connectivity index (χ1v) is 7.62. The van der Waals surface area contributed by atoms with Gasteiger partial charge in [0, 0.05) is 33.6 Å². The molecule has 0 atom stereocenters. The van der Waals surface area contributed by atoms with Gasteiger partial charge in [0.15, 0.2) is 0 Å². The second-order valence-corrected chi connectivity index (χ2v) is 6.02. The van der Waals surface area contributed by atoms with Gasteiger partial charge in [0.1, 0.15) is 0 Å². The number of aryl methyl sites for hydroxylation is 1. The number of thiophene rings is 1. The number of halogens is 1. The lowest BCUT2D eigenvalue weighted by Gasteiger charge is -2.07. The summed E-state index contributed by atoms with van der Waals surface area (Å²) in [5, 5.41) is 14.3. The molecule has 0 saturated heterocycles. The molecule has 18 heavy (non-hydrogen) atoms. The van der Waals surface area contributed by atoms with Crippen LogP contribution in [-0.2, 0) is 13.0 Å². The zero-order chi connectivity index (χ0) is 12.8. The van der Waals surface area contributed by atoms with Gasteiger partial charge in [-0.1, -0.05) is 12.1 Å². The van der Waals surface area contributed by atoms with Crippen molar-refractivity contribution in [1.82, 2.24) is 0 Å². The maximum absolute atomic E-state index is 8.83. The van der Waals surface area contributed by atoms with E-state index in [-0.39, 0.29) is 6.61 Å². The minimum absolute atomic E-state index is 0.251. The third-order valence-corrected chi connectivity index (χ3v) is 4.34. The molecule has 4 heteroatoms. The lowest BCUT2D eigenvalue weighted by atomic mass is 10.1. The van der Waals surface area contributed by atoms with Gasteiger partial charge in [-0.2, -0.15) is 0 Å². The maximum Gasteiger partial charge on any atom is 0.0494 e. The van der Waals surface area contributed by atoms with E-state index in [0.717, 1.165) is 29.5 Å². The van der Waals surface area contributed by atoms with Gasteiger partial charge in [-0.25, -0.2) is 0 Å². The molecule has 1 aromatic carbocycles. The molecule has 1 aromatic heterocycles. The fourth-order valence-electron chi connectivity index (χ4n) is 1.76. The average molecular weight is 326 g/mol. The summed E-state index contributed by atoms with van der Waals surface area (Å²) in [6, 6.07) is 10.5. The molecular formula is C14H16BrNOS. The van der Waals surface area contributed by atoms with Gasteiger partial charge in [-0.05, 0) is 52.5 Å². The van der Waals surface area contributed by atoms with Crippen molar-refractivity contribution in [3.8, 4) is 0 Å². The van der Waals surface area contributed by atoms with Crippen LogP contribution in [0.1, 0.15) is 16.9 Å². The molecule has 2 N–H and O–H groups in total. The average Bonchev–Trinajstić information content (AvgIpc) is 2.80. The number of hydrogen-bond donors (Lipinski definition) is 2. The summed E-state index contributed by atoms with van der Waals surface area (Å²) in [5.74, 6) is 0. The van der Waals surface area contributed by atoms with Crippen LogP contribution in [0.25, 0.3) is 0 Å². The number of hydrogen-bond acceptors (Lipinski definition) is 3. The minimum atomic E-state index is 0.251. The molecule has 2 aromatic rings. The Morgan fingerprint density at radius 3 is 2.89 bits per heavy atom. The van der Waals surface area contributed by atoms with E-state index in [0.29, 0.717) is 0 Å². The molecule has 0 unspecified atom stereocenters. The number of rotatable bonds is 6. The first-order chi connectivity index (χ1) is 8.78. The van der Waals surface area contributed by atoms with Crippen LogP contribution in [0.5, 0.6) is 0 Å². The van der Waals surface area contributed by atoms with Gasteiger partial charge < -0.3 is 10.4 Å². The predicted octanol–water partition coefficient (Wildman–Crippen LogP) is 4.05. The van der Waals surface area contributed by atoms with Crippen molar-refractivity contribution in [1.29, 1.82) is 0 Å². The zero-order valence-electron chi connectivity index (χ0n) is 10.0. The van der Waals surface area contributed by atoms with Crippen LogP contribution in [0.2, 0.25) is 0 Å². The van der Waals surface area contributed by atoms with Crippen LogP contribution in [0.3, 0.4) is 0 Å². The summed E-state index contributed by atoms with van der Waals surface area (Å²) in [4.78, 5) is 1.31. The van der Waals surface area contributed by atoms with E-state index in [4.69, 9.17) is 5.11 Å². The smallest absolute Gasteiger partial charge is 0.0494 e. The number of aliphatic hydroxyl groups is 1. The largest absolute Gasteiger partial charge is 0.396 e. The Hall–Kier alpha value is -0.840. The van der Waals surface area contributed by atoms with Gasteiger partial charge in [-0.3, -0.25) is 0 Å². The van der Waals surface area contributed by atoms with Gasteiger partial charge in [0.2, 0.25) is 0 Å². The van der Waals surface area contributed by atoms with E-state index in [9.17, 15) is 0 Å². The third kappa shape index (κ3) is 4.12. The highest BCUT2D eigenvalue weighted by molar-refractivity contribution is 9.10. The van der Waals surface area contributed by atoms with Gasteiger partial charge in [-0.15, -0.1) is 11.3 Å². The summed E-state index contributed by atoms with van der Waals surface area (Å²) in [6.45, 7) is 1.10. The molecule has 2 rings (SSSR count). The monoisotopic (exact) mass is 325 g/mol. The Balaban J connectivity index is 1.92. The quantitative estimate of drug-likeness (QED) is 0.839. The van der Waals surface area contributed by atoms with Crippen molar-refractivity contribution in [2.24, 2.45) is 0 Å². The molecule has 96 valence electrons. The number of benzene rings is 1. The Bertz CT molecular complexity index is 498. The first kappa shape index (κ1) is 13.6. The van der Waals surface area contributed by atoms with E-state index in [1.165, 1.54) is 10.4 Å². The highest BCUT2D eigenvalue weighted by Gasteiger charge is 1.99. The Kier molecular flexibility index (Phi) is 5.23. The summed E-state index contributed by atoms with van der Waals surface area (Å²) in [5.41, 5.74) is 2.40. The lowest BCUT2D eigenvalue weighted by Crippen LogP contribution is -1.98. The molecule has 1 heterocycles. The van der Waals surface area contributed by atoms with Gasteiger partial charge in [0.25, 0.3) is 0 Å². The summed E-state index contributed by atoms with van der Waals surface area (Å²) in [6.07, 6.45) is 1.75. The molecule has 2 nitrogen and oxygen atoms in total. The molecule has 0 amide bonds. The zero-order valence-corrected chi connectivity index (χ0v) is 12.4. The van der Waals surface area contributed by atoms with Crippen LogP contribution < -0.4 is 5.32 Å². The van der Waals surface area contributed by atoms with Crippen molar-refractivity contribution in [2.75, 3.05) is 11.9 Å². The number of anilines is 1. The van der Waals surface area contributed by atoms with E-state index >= 15 is 0 Å². The molecule has 0 bridgehead atoms. The minimum Gasteiger partial charge on any atom is -0.396 e. The fraction of sp³-hybridized carbons (Fsp3) is 0.286. The fourth-order valence-corrected chi connectivity index (χ4v) is 3.15. The first-order valence-electron chi connectivity index (χ1n) is 5.94. The number of nitrogens with one attached hydrogen (secondary N) is 1. The Morgan fingerprint density at radius 2 is 2.17 bits per heavy atom. The maximum atomic E-state index is 8.83. The van der Waals surface area contributed by atoms with Crippen molar-refractivity contribution < 1.29 is 5.11 Å². The lowest BCUT2D eigenvalue weighted by molar-refractivity contribution is 0.288. The third-order valence-electron chi connectivity index (χ3n) is 2.64. The number of aliphatic hydroxyl groups excluding tert-OH is 1. The SMILES string of the molecule is OCCCc1cccc(NCc2cc(Br)cs2)c1. The standard InChI is InChI=1S/C14H16BrNOS/c15-12-8-14(18-10-12)9-16-13-5-1-3-11(7-13)4-2-6-17/h1,3,5,7-8,10,16-17H,2,4,6,9H2. The van der Waals surface area contributed by atoms with E-state index < -0.39 is 0 Å². The molecule has 0 spiro atoms. The highest BCUT2D eigenvalue weighted by atomic mass is 79.9. The molecule has 0 aliphatic rings. The van der Waals surface area contributed by atoms with E-state index in [1.807, 2.05) is 0 Å². The summed E-state index contributed by atoms with van der Waals surface area (Å²) < 4.78 is 1.14. The van der Waals surface area contributed by atoms with Crippen molar-refractivity contribution in [3.63, 3.8) is 0 Å². The topological polar surface area (TPSA) is 32.3 Å². The van der Waals surface area contributed by atoms with E-state index in [2.05, 4.69) is 57.0 Å². The van der Waals surface area contributed by atoms with Crippen LogP contribution in [0, 0.1) is 0 Å². The van der Waals surface area contributed by atoms with Crippen molar-refractivity contribution in [2.45, 2.75) is 19.4 Å². The van der Waals surface area contributed by atoms with Gasteiger partial charge >= 0.3 is 0 Å². The van der Waals surface area contributed by atoms with E-state index in [1.54, 1.807) is 11.3 Å². The summed E-state index contributed by atoms with van der Waals surface area (Å²) >= 11 is 5.20. The van der Waals surface area contributed by atoms with Crippen molar-refractivity contribution >= 4 is 33.0 Å². The Labute approximate surface area is 120 Å². The molecule has 0 fully saturated rings. The molecule has 0 aliphatic heterocycles. The van der Waals surface area contributed by atoms with Crippen LogP contribution in [-0.4, -0.2) is 11.7 Å².